The standard InChI is InChI=1S/C9H15NO/c1-5-8(9(11)6-2)10(4)7-3/h5,7H,3,6H2,1-2,4H3/b8-5-. The van der Waals surface area contributed by atoms with E-state index in [9.17, 15) is 4.79 Å². The van der Waals surface area contributed by atoms with Crippen LogP contribution in [0, 0.1) is 0 Å². The largest absolute Gasteiger partial charge is 0.349 e. The lowest BCUT2D eigenvalue weighted by Crippen LogP contribution is -2.17. The number of hydrogen-bond acceptors (Lipinski definition) is 2. The summed E-state index contributed by atoms with van der Waals surface area (Å²) >= 11 is 0. The molecule has 0 aromatic heterocycles. The molecule has 0 fully saturated rings. The van der Waals surface area contributed by atoms with E-state index in [1.807, 2.05) is 20.9 Å². The van der Waals surface area contributed by atoms with E-state index in [-0.39, 0.29) is 5.78 Å². The highest BCUT2D eigenvalue weighted by Gasteiger charge is 2.07. The SMILES string of the molecule is C=CN(C)/C(=C\C)C(=O)CC. The third-order valence-corrected chi connectivity index (χ3v) is 1.53. The lowest BCUT2D eigenvalue weighted by molar-refractivity contribution is -0.116. The van der Waals surface area contributed by atoms with E-state index in [1.165, 1.54) is 0 Å². The third kappa shape index (κ3) is 2.58. The number of carbonyl (C=O) groups excluding carboxylic acids is 1. The van der Waals surface area contributed by atoms with Gasteiger partial charge in [-0.15, -0.1) is 0 Å². The van der Waals surface area contributed by atoms with Gasteiger partial charge >= 0.3 is 0 Å². The van der Waals surface area contributed by atoms with E-state index >= 15 is 0 Å². The van der Waals surface area contributed by atoms with E-state index in [2.05, 4.69) is 6.58 Å². The molecule has 62 valence electrons. The third-order valence-electron chi connectivity index (χ3n) is 1.53. The van der Waals surface area contributed by atoms with Crippen molar-refractivity contribution < 1.29 is 4.79 Å². The number of Topliss-reactive ketones (excluding diaryl/α,β-unsaturated/α-hetero) is 1. The summed E-state index contributed by atoms with van der Waals surface area (Å²) < 4.78 is 0. The molecule has 11 heavy (non-hydrogen) atoms. The maximum Gasteiger partial charge on any atom is 0.178 e. The topological polar surface area (TPSA) is 20.3 Å². The zero-order valence-electron chi connectivity index (χ0n) is 7.42. The minimum atomic E-state index is 0.148. The van der Waals surface area contributed by atoms with Crippen molar-refractivity contribution in [2.24, 2.45) is 0 Å². The minimum Gasteiger partial charge on any atom is -0.349 e. The van der Waals surface area contributed by atoms with Crippen LogP contribution in [0.25, 0.3) is 0 Å². The van der Waals surface area contributed by atoms with Crippen LogP contribution in [0.2, 0.25) is 0 Å². The molecule has 0 atom stereocenters. The Labute approximate surface area is 68.2 Å². The van der Waals surface area contributed by atoms with E-state index < -0.39 is 0 Å². The molecule has 2 nitrogen and oxygen atoms in total. The van der Waals surface area contributed by atoms with Crippen molar-refractivity contribution in [1.29, 1.82) is 0 Å². The molecule has 0 aliphatic carbocycles. The molecule has 0 radical (unpaired) electrons. The summed E-state index contributed by atoms with van der Waals surface area (Å²) in [6.45, 7) is 7.28. The number of likely N-dealkylation sites (N-methyl/N-ethyl adjacent to an activating group) is 1. The first-order valence-electron chi connectivity index (χ1n) is 3.72. The second kappa shape index (κ2) is 4.72. The Hall–Kier alpha value is -1.05. The number of allylic oxidation sites excluding steroid dienone is 2. The van der Waals surface area contributed by atoms with Gasteiger partial charge in [0, 0.05) is 13.5 Å². The molecule has 0 saturated heterocycles. The van der Waals surface area contributed by atoms with E-state index in [0.29, 0.717) is 12.1 Å². The molecular formula is C9H15NO. The average molecular weight is 153 g/mol. The first-order chi connectivity index (χ1) is 5.17. The second-order valence-corrected chi connectivity index (χ2v) is 2.24. The van der Waals surface area contributed by atoms with Gasteiger partial charge in [0.1, 0.15) is 0 Å². The molecule has 0 aliphatic heterocycles. The predicted molar refractivity (Wildman–Crippen MR) is 47.0 cm³/mol. The smallest absolute Gasteiger partial charge is 0.178 e. The van der Waals surface area contributed by atoms with Crippen molar-refractivity contribution in [3.8, 4) is 0 Å². The van der Waals surface area contributed by atoms with Gasteiger partial charge in [0.25, 0.3) is 0 Å². The summed E-state index contributed by atoms with van der Waals surface area (Å²) in [7, 11) is 1.82. The highest BCUT2D eigenvalue weighted by Crippen LogP contribution is 2.04. The highest BCUT2D eigenvalue weighted by atomic mass is 16.1. The monoisotopic (exact) mass is 153 g/mol. The fraction of sp³-hybridized carbons (Fsp3) is 0.444. The number of rotatable bonds is 4. The Morgan fingerprint density at radius 3 is 2.45 bits per heavy atom. The molecule has 0 amide bonds. The Morgan fingerprint density at radius 1 is 1.64 bits per heavy atom. The lowest BCUT2D eigenvalue weighted by atomic mass is 10.2. The van der Waals surface area contributed by atoms with Gasteiger partial charge in [-0.1, -0.05) is 19.6 Å². The maximum atomic E-state index is 11.2. The molecule has 0 saturated carbocycles. The molecule has 2 heteroatoms. The fourth-order valence-electron chi connectivity index (χ4n) is 0.841. The van der Waals surface area contributed by atoms with Gasteiger partial charge in [-0.2, -0.15) is 0 Å². The molecule has 0 unspecified atom stereocenters. The first kappa shape index (κ1) is 9.95. The first-order valence-corrected chi connectivity index (χ1v) is 3.72. The van der Waals surface area contributed by atoms with Crippen LogP contribution in [0.1, 0.15) is 20.3 Å². The van der Waals surface area contributed by atoms with Crippen LogP contribution in [0.4, 0.5) is 0 Å². The van der Waals surface area contributed by atoms with Crippen molar-refractivity contribution >= 4 is 5.78 Å². The number of hydrogen-bond donors (Lipinski definition) is 0. The van der Waals surface area contributed by atoms with Crippen molar-refractivity contribution in [1.82, 2.24) is 4.90 Å². The highest BCUT2D eigenvalue weighted by molar-refractivity contribution is 5.94. The van der Waals surface area contributed by atoms with Gasteiger partial charge in [-0.05, 0) is 13.1 Å². The van der Waals surface area contributed by atoms with Gasteiger partial charge < -0.3 is 4.90 Å². The lowest BCUT2D eigenvalue weighted by Gasteiger charge is -2.15. The van der Waals surface area contributed by atoms with Crippen LogP contribution >= 0.6 is 0 Å². The normalized spacial score (nSPS) is 11.0. The summed E-state index contributed by atoms with van der Waals surface area (Å²) in [6.07, 6.45) is 3.97. The number of ketones is 1. The zero-order chi connectivity index (χ0) is 8.85. The summed E-state index contributed by atoms with van der Waals surface area (Å²) in [5, 5.41) is 0. The summed E-state index contributed by atoms with van der Waals surface area (Å²) in [6, 6.07) is 0. The molecule has 0 spiro atoms. The fourth-order valence-corrected chi connectivity index (χ4v) is 0.841. The van der Waals surface area contributed by atoms with Crippen LogP contribution in [0.15, 0.2) is 24.6 Å². The molecule has 0 aliphatic rings. The van der Waals surface area contributed by atoms with E-state index in [1.54, 1.807) is 17.2 Å². The van der Waals surface area contributed by atoms with Gasteiger partial charge in [0.2, 0.25) is 0 Å². The Morgan fingerprint density at radius 2 is 2.18 bits per heavy atom. The Balaban J connectivity index is 4.42. The van der Waals surface area contributed by atoms with Gasteiger partial charge in [-0.25, -0.2) is 0 Å². The van der Waals surface area contributed by atoms with E-state index in [0.717, 1.165) is 0 Å². The van der Waals surface area contributed by atoms with Gasteiger partial charge in [0.05, 0.1) is 5.70 Å². The summed E-state index contributed by atoms with van der Waals surface area (Å²) in [5.41, 5.74) is 0.711. The molecule has 0 aromatic carbocycles. The van der Waals surface area contributed by atoms with Crippen LogP contribution in [-0.2, 0) is 4.79 Å². The molecule has 0 aromatic rings. The summed E-state index contributed by atoms with van der Waals surface area (Å²) in [5.74, 6) is 0.148. The molecule has 0 heterocycles. The van der Waals surface area contributed by atoms with E-state index in [4.69, 9.17) is 0 Å². The number of carbonyl (C=O) groups is 1. The molecule has 0 N–H and O–H groups in total. The Bertz CT molecular complexity index is 182. The molecule has 0 rings (SSSR count). The molecular weight excluding hydrogens is 138 g/mol. The van der Waals surface area contributed by atoms with Crippen molar-refractivity contribution in [2.45, 2.75) is 20.3 Å². The van der Waals surface area contributed by atoms with Crippen molar-refractivity contribution in [3.63, 3.8) is 0 Å². The Kier molecular flexibility index (Phi) is 4.27. The number of nitrogens with zero attached hydrogens (tertiary/aromatic N) is 1. The van der Waals surface area contributed by atoms with Crippen LogP contribution in [0.3, 0.4) is 0 Å². The van der Waals surface area contributed by atoms with Crippen molar-refractivity contribution in [3.05, 3.63) is 24.6 Å². The zero-order valence-corrected chi connectivity index (χ0v) is 7.42. The predicted octanol–water partition coefficient (Wildman–Crippen LogP) is 1.94. The van der Waals surface area contributed by atoms with Crippen LogP contribution < -0.4 is 0 Å². The van der Waals surface area contributed by atoms with Crippen molar-refractivity contribution in [2.75, 3.05) is 7.05 Å². The van der Waals surface area contributed by atoms with Crippen LogP contribution in [0.5, 0.6) is 0 Å². The van der Waals surface area contributed by atoms with Gasteiger partial charge in [-0.3, -0.25) is 4.79 Å². The maximum absolute atomic E-state index is 11.2. The quantitative estimate of drug-likeness (QED) is 0.575. The molecule has 0 bridgehead atoms. The minimum absolute atomic E-state index is 0.148. The summed E-state index contributed by atoms with van der Waals surface area (Å²) in [4.78, 5) is 12.9. The second-order valence-electron chi connectivity index (χ2n) is 2.24. The average Bonchev–Trinajstić information content (AvgIpc) is 2.05. The van der Waals surface area contributed by atoms with Crippen LogP contribution in [-0.4, -0.2) is 17.7 Å². The van der Waals surface area contributed by atoms with Gasteiger partial charge in [0.15, 0.2) is 5.78 Å².